The number of aliphatic hydroxyl groups is 2. The fourth-order valence-electron chi connectivity index (χ4n) is 9.28. The van der Waals surface area contributed by atoms with Gasteiger partial charge in [0.15, 0.2) is 6.29 Å². The Morgan fingerprint density at radius 1 is 1.09 bits per heavy atom. The van der Waals surface area contributed by atoms with E-state index in [1.165, 1.54) is 5.57 Å². The summed E-state index contributed by atoms with van der Waals surface area (Å²) in [5, 5.41) is 22.6. The van der Waals surface area contributed by atoms with Crippen LogP contribution in [-0.2, 0) is 14.3 Å². The molecule has 3 fully saturated rings. The number of ketones is 1. The summed E-state index contributed by atoms with van der Waals surface area (Å²) in [6, 6.07) is 0. The zero-order valence-electron chi connectivity index (χ0n) is 21.5. The van der Waals surface area contributed by atoms with Gasteiger partial charge in [0, 0.05) is 18.8 Å². The maximum atomic E-state index is 12.2. The first-order valence-electron chi connectivity index (χ1n) is 13.7. The molecule has 0 bridgehead atoms. The smallest absolute Gasteiger partial charge is 0.160 e. The lowest BCUT2D eigenvalue weighted by Gasteiger charge is -2.53. The molecule has 0 aromatic rings. The van der Waals surface area contributed by atoms with Gasteiger partial charge >= 0.3 is 0 Å². The third-order valence-electron chi connectivity index (χ3n) is 11.5. The highest BCUT2D eigenvalue weighted by Crippen LogP contribution is 2.65. The summed E-state index contributed by atoms with van der Waals surface area (Å²) in [7, 11) is 0. The van der Waals surface area contributed by atoms with Crippen molar-refractivity contribution in [3.05, 3.63) is 22.8 Å². The third-order valence-corrected chi connectivity index (χ3v) is 11.5. The average Bonchev–Trinajstić information content (AvgIpc) is 3.37. The van der Waals surface area contributed by atoms with E-state index < -0.39 is 18.0 Å². The molecule has 2 aliphatic heterocycles. The normalized spacial score (nSPS) is 52.4. The van der Waals surface area contributed by atoms with E-state index >= 15 is 0 Å². The van der Waals surface area contributed by atoms with Crippen LogP contribution in [0, 0.1) is 34.5 Å². The first-order valence-corrected chi connectivity index (χ1v) is 13.7. The Bertz CT molecular complexity index is 966. The minimum atomic E-state index is -1.08. The Morgan fingerprint density at radius 3 is 2.56 bits per heavy atom. The minimum Gasteiger partial charge on any atom is -0.384 e. The van der Waals surface area contributed by atoms with Crippen molar-refractivity contribution in [1.82, 2.24) is 0 Å². The average molecular weight is 471 g/mol. The van der Waals surface area contributed by atoms with Gasteiger partial charge in [0.05, 0.1) is 12.2 Å². The van der Waals surface area contributed by atoms with E-state index in [-0.39, 0.29) is 40.8 Å². The lowest BCUT2D eigenvalue weighted by Crippen LogP contribution is -2.51. The molecule has 2 heterocycles. The molecule has 0 amide bonds. The molecule has 0 aromatic heterocycles. The molecule has 10 unspecified atom stereocenters. The van der Waals surface area contributed by atoms with E-state index in [1.807, 2.05) is 20.8 Å². The highest BCUT2D eigenvalue weighted by molar-refractivity contribution is 5.80. The molecule has 5 heteroatoms. The molecule has 5 nitrogen and oxygen atoms in total. The van der Waals surface area contributed by atoms with Crippen molar-refractivity contribution < 1.29 is 24.5 Å². The molecular weight excluding hydrogens is 428 g/mol. The van der Waals surface area contributed by atoms with Crippen molar-refractivity contribution in [2.24, 2.45) is 34.5 Å². The van der Waals surface area contributed by atoms with Crippen LogP contribution in [-0.4, -0.2) is 46.2 Å². The largest absolute Gasteiger partial charge is 0.384 e. The van der Waals surface area contributed by atoms with Gasteiger partial charge in [-0.2, -0.15) is 0 Å². The zero-order chi connectivity index (χ0) is 24.2. The van der Waals surface area contributed by atoms with Crippen molar-refractivity contribution in [2.75, 3.05) is 0 Å². The number of aliphatic hydroxyl groups excluding tert-OH is 1. The van der Waals surface area contributed by atoms with Crippen LogP contribution in [0.3, 0.4) is 0 Å². The molecule has 0 spiro atoms. The second-order valence-electron chi connectivity index (χ2n) is 13.0. The van der Waals surface area contributed by atoms with Gasteiger partial charge in [-0.15, -0.1) is 0 Å². The highest BCUT2D eigenvalue weighted by Gasteiger charge is 2.67. The lowest BCUT2D eigenvalue weighted by atomic mass is 9.51. The Balaban J connectivity index is 1.32. The van der Waals surface area contributed by atoms with Crippen LogP contribution < -0.4 is 0 Å². The Labute approximate surface area is 204 Å². The summed E-state index contributed by atoms with van der Waals surface area (Å²) in [5.74, 6) is 1.03. The zero-order valence-corrected chi connectivity index (χ0v) is 21.5. The summed E-state index contributed by atoms with van der Waals surface area (Å²) in [6.07, 6.45) is 8.23. The summed E-state index contributed by atoms with van der Waals surface area (Å²) >= 11 is 0. The number of ether oxygens (including phenoxy) is 2. The molecule has 34 heavy (non-hydrogen) atoms. The maximum Gasteiger partial charge on any atom is 0.160 e. The molecular formula is C29H42O5. The Morgan fingerprint density at radius 2 is 1.82 bits per heavy atom. The predicted molar refractivity (Wildman–Crippen MR) is 129 cm³/mol. The predicted octanol–water partition coefficient (Wildman–Crippen LogP) is 4.71. The van der Waals surface area contributed by atoms with Crippen LogP contribution in [0.2, 0.25) is 0 Å². The number of allylic oxidation sites excluding steroid dienone is 4. The molecule has 0 aromatic carbocycles. The van der Waals surface area contributed by atoms with E-state index in [0.29, 0.717) is 11.7 Å². The van der Waals surface area contributed by atoms with Crippen LogP contribution in [0.5, 0.6) is 0 Å². The molecule has 6 rings (SSSR count). The molecule has 1 saturated carbocycles. The molecule has 0 radical (unpaired) electrons. The highest BCUT2D eigenvalue weighted by atomic mass is 16.7. The van der Waals surface area contributed by atoms with E-state index in [1.54, 1.807) is 11.1 Å². The quantitative estimate of drug-likeness (QED) is 0.611. The molecule has 4 aliphatic carbocycles. The summed E-state index contributed by atoms with van der Waals surface area (Å²) in [5.41, 5.74) is 3.76. The molecule has 6 aliphatic rings. The molecule has 2 saturated heterocycles. The van der Waals surface area contributed by atoms with Crippen molar-refractivity contribution in [3.63, 3.8) is 0 Å². The van der Waals surface area contributed by atoms with Crippen LogP contribution in [0.1, 0.15) is 86.0 Å². The van der Waals surface area contributed by atoms with E-state index in [2.05, 4.69) is 19.9 Å². The van der Waals surface area contributed by atoms with Crippen LogP contribution in [0.4, 0.5) is 0 Å². The number of fused-ring (bicyclic) bond motifs is 5. The van der Waals surface area contributed by atoms with Gasteiger partial charge in [-0.1, -0.05) is 39.3 Å². The standard InChI is InChI=1S/C29H42O5/c1-15(2)29(32)16(3)33-24-23(26(31)34-25(24)29)22-9-8-20-19-7-6-17-14-18(30)10-12-27(17,4)21(19)11-13-28(20,22)5/h8,15-17,22-26,31-32H,6-7,9-14H2,1-5H3. The number of carbonyl (C=O) groups excluding carboxylic acids is 1. The summed E-state index contributed by atoms with van der Waals surface area (Å²) in [4.78, 5) is 12.2. The van der Waals surface area contributed by atoms with Gasteiger partial charge < -0.3 is 19.7 Å². The maximum absolute atomic E-state index is 12.2. The first-order chi connectivity index (χ1) is 16.0. The Kier molecular flexibility index (Phi) is 5.16. The topological polar surface area (TPSA) is 76.0 Å². The van der Waals surface area contributed by atoms with Crippen LogP contribution in [0.15, 0.2) is 22.8 Å². The summed E-state index contributed by atoms with van der Waals surface area (Å²) < 4.78 is 12.5. The number of hydrogen-bond acceptors (Lipinski definition) is 5. The van der Waals surface area contributed by atoms with Crippen LogP contribution >= 0.6 is 0 Å². The van der Waals surface area contributed by atoms with Gasteiger partial charge in [0.1, 0.15) is 17.5 Å². The van der Waals surface area contributed by atoms with Crippen molar-refractivity contribution in [1.29, 1.82) is 0 Å². The van der Waals surface area contributed by atoms with Crippen molar-refractivity contribution in [3.8, 4) is 0 Å². The van der Waals surface area contributed by atoms with E-state index in [4.69, 9.17) is 9.47 Å². The molecule has 10 atom stereocenters. The second kappa shape index (κ2) is 7.50. The molecule has 2 N–H and O–H groups in total. The van der Waals surface area contributed by atoms with Gasteiger partial charge in [0.2, 0.25) is 0 Å². The first kappa shape index (κ1) is 23.4. The monoisotopic (exact) mass is 470 g/mol. The number of rotatable bonds is 2. The van der Waals surface area contributed by atoms with Gasteiger partial charge in [-0.3, -0.25) is 4.79 Å². The number of hydrogen-bond donors (Lipinski definition) is 2. The fraction of sp³-hybridized carbons (Fsp3) is 0.828. The Hall–Kier alpha value is -1.01. The number of Topliss-reactive ketones (excluding diaryl/α,β-unsaturated/α-hetero) is 1. The van der Waals surface area contributed by atoms with E-state index in [9.17, 15) is 15.0 Å². The summed E-state index contributed by atoms with van der Waals surface area (Å²) in [6.45, 7) is 10.8. The van der Waals surface area contributed by atoms with E-state index in [0.717, 1.165) is 51.4 Å². The van der Waals surface area contributed by atoms with Gasteiger partial charge in [-0.25, -0.2) is 0 Å². The molecule has 188 valence electrons. The lowest BCUT2D eigenvalue weighted by molar-refractivity contribution is -0.192. The SMILES string of the molecule is CC(C)C1(O)C(C)OC2C(C3CC=C4C5=C(CCC43C)C3(C)CCC(=O)CC3CC5)C(O)OC21. The minimum absolute atomic E-state index is 0.0124. The van der Waals surface area contributed by atoms with Gasteiger partial charge in [0.25, 0.3) is 0 Å². The third kappa shape index (κ3) is 2.84. The fourth-order valence-corrected chi connectivity index (χ4v) is 9.28. The van der Waals surface area contributed by atoms with Crippen molar-refractivity contribution in [2.45, 2.75) is 116 Å². The second-order valence-corrected chi connectivity index (χ2v) is 13.0. The van der Waals surface area contributed by atoms with Gasteiger partial charge in [-0.05, 0) is 85.2 Å². The van der Waals surface area contributed by atoms with Crippen LogP contribution in [0.25, 0.3) is 0 Å². The number of carbonyl (C=O) groups is 1. The van der Waals surface area contributed by atoms with Crippen molar-refractivity contribution >= 4 is 5.78 Å².